The Bertz CT molecular complexity index is 1060. The lowest BCUT2D eigenvalue weighted by Crippen LogP contribution is -2.13. The van der Waals surface area contributed by atoms with E-state index in [9.17, 15) is 4.79 Å². The van der Waals surface area contributed by atoms with Gasteiger partial charge in [-0.2, -0.15) is 5.10 Å². The molecule has 6 nitrogen and oxygen atoms in total. The molecule has 124 valence electrons. The second-order valence-corrected chi connectivity index (χ2v) is 5.99. The first kappa shape index (κ1) is 15.1. The predicted octanol–water partition coefficient (Wildman–Crippen LogP) is 3.82. The summed E-state index contributed by atoms with van der Waals surface area (Å²) in [7, 11) is 0. The zero-order valence-corrected chi connectivity index (χ0v) is 13.9. The van der Waals surface area contributed by atoms with Crippen molar-refractivity contribution in [2.24, 2.45) is 0 Å². The fourth-order valence-corrected chi connectivity index (χ4v) is 2.75. The molecule has 0 atom stereocenters. The van der Waals surface area contributed by atoms with Crippen LogP contribution >= 0.6 is 0 Å². The van der Waals surface area contributed by atoms with Crippen molar-refractivity contribution in [1.29, 1.82) is 0 Å². The van der Waals surface area contributed by atoms with Crippen LogP contribution in [0.3, 0.4) is 0 Å². The van der Waals surface area contributed by atoms with Crippen LogP contribution < -0.4 is 5.32 Å². The van der Waals surface area contributed by atoms with Gasteiger partial charge in [0, 0.05) is 22.3 Å². The van der Waals surface area contributed by atoms with Crippen molar-refractivity contribution < 1.29 is 4.79 Å². The number of rotatable bonds is 3. The molecule has 25 heavy (non-hydrogen) atoms. The largest absolute Gasteiger partial charge is 0.339 e. The number of fused-ring (bicyclic) bond motifs is 1. The molecule has 0 aliphatic rings. The summed E-state index contributed by atoms with van der Waals surface area (Å²) in [5, 5.41) is 10.7. The SMILES string of the molecule is Cc1[nH]nc(C(=O)Nc2cnc3[nH]c(-c4ccccc4)cc3c2)c1C. The van der Waals surface area contributed by atoms with Crippen LogP contribution in [0.5, 0.6) is 0 Å². The van der Waals surface area contributed by atoms with Gasteiger partial charge in [0.05, 0.1) is 11.9 Å². The minimum atomic E-state index is -0.248. The van der Waals surface area contributed by atoms with Crippen LogP contribution in [0.25, 0.3) is 22.3 Å². The van der Waals surface area contributed by atoms with Crippen molar-refractivity contribution in [1.82, 2.24) is 20.2 Å². The predicted molar refractivity (Wildman–Crippen MR) is 97.5 cm³/mol. The molecule has 0 saturated carbocycles. The van der Waals surface area contributed by atoms with Gasteiger partial charge >= 0.3 is 0 Å². The van der Waals surface area contributed by atoms with Crippen LogP contribution in [0.15, 0.2) is 48.7 Å². The molecule has 3 heterocycles. The maximum Gasteiger partial charge on any atom is 0.276 e. The van der Waals surface area contributed by atoms with E-state index in [1.165, 1.54) is 0 Å². The van der Waals surface area contributed by atoms with Crippen LogP contribution in [0, 0.1) is 13.8 Å². The number of H-pyrrole nitrogens is 2. The molecule has 0 aliphatic heterocycles. The zero-order chi connectivity index (χ0) is 17.4. The summed E-state index contributed by atoms with van der Waals surface area (Å²) in [5.41, 5.74) is 5.63. The van der Waals surface area contributed by atoms with E-state index in [4.69, 9.17) is 0 Å². The molecule has 3 N–H and O–H groups in total. The summed E-state index contributed by atoms with van der Waals surface area (Å²) in [6.45, 7) is 3.76. The molecule has 0 spiro atoms. The van der Waals surface area contributed by atoms with Crippen molar-refractivity contribution in [3.8, 4) is 11.3 Å². The van der Waals surface area contributed by atoms with Gasteiger partial charge in [0.15, 0.2) is 5.69 Å². The van der Waals surface area contributed by atoms with Crippen molar-refractivity contribution in [3.63, 3.8) is 0 Å². The molecule has 4 aromatic rings. The average Bonchev–Trinajstić information content (AvgIpc) is 3.19. The molecule has 0 saturated heterocycles. The smallest absolute Gasteiger partial charge is 0.276 e. The molecule has 4 rings (SSSR count). The lowest BCUT2D eigenvalue weighted by atomic mass is 10.1. The highest BCUT2D eigenvalue weighted by Gasteiger charge is 2.15. The monoisotopic (exact) mass is 331 g/mol. The third-order valence-electron chi connectivity index (χ3n) is 4.28. The Hall–Kier alpha value is -3.41. The highest BCUT2D eigenvalue weighted by Crippen LogP contribution is 2.25. The van der Waals surface area contributed by atoms with E-state index in [1.807, 2.05) is 56.3 Å². The number of aryl methyl sites for hydroxylation is 1. The number of amides is 1. The molecule has 0 radical (unpaired) electrons. The number of carbonyl (C=O) groups excluding carboxylic acids is 1. The molecule has 0 bridgehead atoms. The lowest BCUT2D eigenvalue weighted by Gasteiger charge is -2.03. The molecule has 1 amide bonds. The summed E-state index contributed by atoms with van der Waals surface area (Å²) in [6.07, 6.45) is 1.64. The van der Waals surface area contributed by atoms with E-state index in [0.717, 1.165) is 33.5 Å². The minimum absolute atomic E-state index is 0.248. The Morgan fingerprint density at radius 1 is 1.12 bits per heavy atom. The fourth-order valence-electron chi connectivity index (χ4n) is 2.75. The topological polar surface area (TPSA) is 86.5 Å². The molecule has 0 unspecified atom stereocenters. The normalized spacial score (nSPS) is 11.0. The summed E-state index contributed by atoms with van der Waals surface area (Å²) in [5.74, 6) is -0.248. The Morgan fingerprint density at radius 2 is 1.92 bits per heavy atom. The van der Waals surface area contributed by atoms with Crippen molar-refractivity contribution >= 4 is 22.6 Å². The number of aromatic amines is 2. The van der Waals surface area contributed by atoms with E-state index < -0.39 is 0 Å². The second kappa shape index (κ2) is 5.90. The molecular weight excluding hydrogens is 314 g/mol. The maximum absolute atomic E-state index is 12.4. The number of nitrogens with one attached hydrogen (secondary N) is 3. The van der Waals surface area contributed by atoms with Crippen molar-refractivity contribution in [2.45, 2.75) is 13.8 Å². The Balaban J connectivity index is 1.63. The third-order valence-corrected chi connectivity index (χ3v) is 4.28. The van der Waals surface area contributed by atoms with Gasteiger partial charge in [-0.15, -0.1) is 0 Å². The highest BCUT2D eigenvalue weighted by atomic mass is 16.1. The van der Waals surface area contributed by atoms with E-state index in [0.29, 0.717) is 11.4 Å². The Labute approximate surface area is 144 Å². The van der Waals surface area contributed by atoms with Gasteiger partial charge in [0.1, 0.15) is 5.65 Å². The summed E-state index contributed by atoms with van der Waals surface area (Å²) >= 11 is 0. The van der Waals surface area contributed by atoms with E-state index in [2.05, 4.69) is 25.5 Å². The maximum atomic E-state index is 12.4. The average molecular weight is 331 g/mol. The fraction of sp³-hybridized carbons (Fsp3) is 0.105. The minimum Gasteiger partial charge on any atom is -0.339 e. The summed E-state index contributed by atoms with van der Waals surface area (Å²) < 4.78 is 0. The number of benzene rings is 1. The van der Waals surface area contributed by atoms with Gasteiger partial charge in [-0.1, -0.05) is 30.3 Å². The van der Waals surface area contributed by atoms with E-state index >= 15 is 0 Å². The zero-order valence-electron chi connectivity index (χ0n) is 13.9. The third kappa shape index (κ3) is 2.78. The standard InChI is InChI=1S/C19H17N5O/c1-11-12(2)23-24-17(11)19(25)21-15-8-14-9-16(22-18(14)20-10-15)13-6-4-3-5-7-13/h3-10H,1-2H3,(H,20,22)(H,21,25)(H,23,24). The molecular formula is C19H17N5O. The highest BCUT2D eigenvalue weighted by molar-refractivity contribution is 6.04. The molecule has 3 aromatic heterocycles. The first-order valence-electron chi connectivity index (χ1n) is 7.99. The van der Waals surface area contributed by atoms with Crippen LogP contribution in [0.4, 0.5) is 5.69 Å². The summed E-state index contributed by atoms with van der Waals surface area (Å²) in [6, 6.07) is 14.0. The van der Waals surface area contributed by atoms with Crippen molar-refractivity contribution in [2.75, 3.05) is 5.32 Å². The summed E-state index contributed by atoms with van der Waals surface area (Å²) in [4.78, 5) is 20.1. The molecule has 0 aliphatic carbocycles. The first-order chi connectivity index (χ1) is 12.1. The second-order valence-electron chi connectivity index (χ2n) is 5.99. The Kier molecular flexibility index (Phi) is 3.57. The Morgan fingerprint density at radius 3 is 2.64 bits per heavy atom. The van der Waals surface area contributed by atoms with Crippen molar-refractivity contribution in [3.05, 3.63) is 65.6 Å². The molecule has 6 heteroatoms. The van der Waals surface area contributed by atoms with E-state index in [1.54, 1.807) is 6.20 Å². The van der Waals surface area contributed by atoms with Crippen LogP contribution in [0.2, 0.25) is 0 Å². The number of carbonyl (C=O) groups is 1. The number of hydrogen-bond acceptors (Lipinski definition) is 3. The van der Waals surface area contributed by atoms with E-state index in [-0.39, 0.29) is 5.91 Å². The van der Waals surface area contributed by atoms with Crippen LogP contribution in [-0.4, -0.2) is 26.1 Å². The molecule has 1 aromatic carbocycles. The van der Waals surface area contributed by atoms with Gasteiger partial charge < -0.3 is 10.3 Å². The van der Waals surface area contributed by atoms with Gasteiger partial charge in [-0.05, 0) is 31.5 Å². The van der Waals surface area contributed by atoms with Gasteiger partial charge in [0.2, 0.25) is 0 Å². The van der Waals surface area contributed by atoms with Gasteiger partial charge in [-0.25, -0.2) is 4.98 Å². The van der Waals surface area contributed by atoms with Gasteiger partial charge in [-0.3, -0.25) is 9.89 Å². The number of pyridine rings is 1. The van der Waals surface area contributed by atoms with Crippen LogP contribution in [0.1, 0.15) is 21.7 Å². The van der Waals surface area contributed by atoms with Gasteiger partial charge in [0.25, 0.3) is 5.91 Å². The number of aromatic nitrogens is 4. The molecule has 0 fully saturated rings. The quantitative estimate of drug-likeness (QED) is 0.533. The van der Waals surface area contributed by atoms with Crippen LogP contribution in [-0.2, 0) is 0 Å². The first-order valence-corrected chi connectivity index (χ1v) is 7.99. The number of nitrogens with zero attached hydrogens (tertiary/aromatic N) is 2. The number of anilines is 1. The number of hydrogen-bond donors (Lipinski definition) is 3. The lowest BCUT2D eigenvalue weighted by molar-refractivity contribution is 0.102.